The number of aromatic amines is 1. The Labute approximate surface area is 188 Å². The fourth-order valence-corrected chi connectivity index (χ4v) is 6.93. The summed E-state index contributed by atoms with van der Waals surface area (Å²) < 4.78 is 41.3. The zero-order valence-electron chi connectivity index (χ0n) is 16.2. The van der Waals surface area contributed by atoms with Crippen molar-refractivity contribution >= 4 is 51.3 Å². The van der Waals surface area contributed by atoms with Gasteiger partial charge in [-0.15, -0.1) is 0 Å². The number of nitrogen functional groups attached to an aromatic ring is 1. The molecule has 6 atom stereocenters. The molecule has 9 N–H and O–H groups in total. The van der Waals surface area contributed by atoms with Gasteiger partial charge in [0.15, 0.2) is 17.4 Å². The second-order valence-corrected chi connectivity index (χ2v) is 12.7. The monoisotopic (exact) mass is 553 g/mol. The summed E-state index contributed by atoms with van der Waals surface area (Å²) in [6, 6.07) is 0. The molecule has 22 heteroatoms. The van der Waals surface area contributed by atoms with Crippen molar-refractivity contribution in [3.05, 3.63) is 16.7 Å². The van der Waals surface area contributed by atoms with Gasteiger partial charge in [-0.25, -0.2) is 18.4 Å². The van der Waals surface area contributed by atoms with E-state index in [0.717, 1.165) is 10.9 Å². The Morgan fingerprint density at radius 1 is 1.33 bits per heavy atom. The Morgan fingerprint density at radius 3 is 2.58 bits per heavy atom. The molecule has 1 aliphatic rings. The highest BCUT2D eigenvalue weighted by atomic mass is 32.5. The first-order chi connectivity index (χ1) is 14.9. The van der Waals surface area contributed by atoms with E-state index < -0.39 is 58.6 Å². The van der Waals surface area contributed by atoms with Crippen LogP contribution in [0.1, 0.15) is 13.2 Å². The zero-order chi connectivity index (χ0) is 25.0. The number of hydrogen-bond acceptors (Lipinski definition) is 13. The molecule has 18 nitrogen and oxygen atoms in total. The van der Waals surface area contributed by atoms with Crippen LogP contribution in [0.15, 0.2) is 11.1 Å². The number of H-pyrrole nitrogens is 1. The lowest BCUT2D eigenvalue weighted by molar-refractivity contribution is -0.0948. The van der Waals surface area contributed by atoms with E-state index in [1.54, 1.807) is 0 Å². The molecule has 0 saturated carbocycles. The Morgan fingerprint density at radius 2 is 1.97 bits per heavy atom. The van der Waals surface area contributed by atoms with Crippen LogP contribution in [-0.4, -0.2) is 73.7 Å². The van der Waals surface area contributed by atoms with E-state index in [9.17, 15) is 33.9 Å². The number of aliphatic hydroxyl groups excluding tert-OH is 1. The predicted octanol–water partition coefficient (Wildman–Crippen LogP) is -1.83. The maximum absolute atomic E-state index is 12.0. The average Bonchev–Trinajstić information content (AvgIpc) is 3.10. The van der Waals surface area contributed by atoms with Crippen molar-refractivity contribution in [2.75, 3.05) is 12.3 Å². The summed E-state index contributed by atoms with van der Waals surface area (Å²) in [5, 5.41) is 21.3. The SMILES string of the molecule is C[C@@]1(O)[C@H](O)[C@@H](COP(O)(=S)OP(=O)(O)OP(=O)(O)O)O[C@H]1n1cnc2c(=O)[nH]c(N)nc21. The zero-order valence-corrected chi connectivity index (χ0v) is 19.7. The molecule has 1 aliphatic heterocycles. The van der Waals surface area contributed by atoms with Crippen LogP contribution in [0.5, 0.6) is 0 Å². The summed E-state index contributed by atoms with van der Waals surface area (Å²) in [7, 11) is -11.0. The molecule has 33 heavy (non-hydrogen) atoms. The number of nitrogens with one attached hydrogen (secondary N) is 1. The Bertz CT molecular complexity index is 1260. The van der Waals surface area contributed by atoms with E-state index in [1.807, 2.05) is 0 Å². The van der Waals surface area contributed by atoms with Crippen molar-refractivity contribution in [3.63, 3.8) is 0 Å². The van der Waals surface area contributed by atoms with Gasteiger partial charge >= 0.3 is 22.4 Å². The highest BCUT2D eigenvalue weighted by molar-refractivity contribution is 8.08. The van der Waals surface area contributed by atoms with Crippen LogP contribution in [0.2, 0.25) is 0 Å². The molecular formula is C11H18N5O13P3S. The molecule has 3 heterocycles. The Kier molecular flexibility index (Phi) is 7.07. The molecule has 0 radical (unpaired) electrons. The van der Waals surface area contributed by atoms with Gasteiger partial charge in [0.1, 0.15) is 17.8 Å². The molecule has 1 fully saturated rings. The summed E-state index contributed by atoms with van der Waals surface area (Å²) in [5.41, 5.74) is 2.59. The number of nitrogens with two attached hydrogens (primary N) is 1. The standard InChI is InChI=1S/C11H18N5O13P3S/c1-11(19)6(17)4(2-26-32(25,33)29-31(23,24)28-30(20,21)22)27-9(11)16-3-13-5-7(16)14-10(12)15-8(5)18/h3-4,6,9,17,19H,2H2,1H3,(H,23,24)(H,25,33)(H2,20,21,22)(H3,12,14,15,18)/t4-,6-,9-,11-,32?/m1/s1. The molecule has 2 aromatic rings. The van der Waals surface area contributed by atoms with E-state index in [4.69, 9.17) is 24.8 Å². The number of ether oxygens (including phenoxy) is 1. The lowest BCUT2D eigenvalue weighted by Gasteiger charge is -2.27. The number of aliphatic hydroxyl groups is 2. The molecule has 0 amide bonds. The van der Waals surface area contributed by atoms with Gasteiger partial charge in [-0.3, -0.25) is 14.3 Å². The van der Waals surface area contributed by atoms with Crippen molar-refractivity contribution in [1.82, 2.24) is 19.5 Å². The van der Waals surface area contributed by atoms with E-state index in [2.05, 4.69) is 35.4 Å². The number of phosphoric acid groups is 2. The second-order valence-electron chi connectivity index (χ2n) is 6.86. The molecule has 0 bridgehead atoms. The molecule has 1 saturated heterocycles. The predicted molar refractivity (Wildman–Crippen MR) is 110 cm³/mol. The largest absolute Gasteiger partial charge is 0.488 e. The quantitative estimate of drug-likeness (QED) is 0.167. The minimum absolute atomic E-state index is 0.0818. The average molecular weight is 553 g/mol. The van der Waals surface area contributed by atoms with Gasteiger partial charge in [0.05, 0.1) is 12.9 Å². The molecule has 0 aromatic carbocycles. The smallest absolute Gasteiger partial charge is 0.387 e. The number of rotatable bonds is 8. The molecule has 3 rings (SSSR count). The van der Waals surface area contributed by atoms with E-state index in [-0.39, 0.29) is 17.1 Å². The van der Waals surface area contributed by atoms with Gasteiger partial charge in [0.2, 0.25) is 5.95 Å². The van der Waals surface area contributed by atoms with E-state index >= 15 is 0 Å². The molecule has 2 unspecified atom stereocenters. The van der Waals surface area contributed by atoms with Gasteiger partial charge in [0.25, 0.3) is 5.56 Å². The Hall–Kier alpha value is -1.14. The topological polar surface area (TPSA) is 282 Å². The maximum atomic E-state index is 12.0. The molecular weight excluding hydrogens is 535 g/mol. The lowest BCUT2D eigenvalue weighted by Crippen LogP contribution is -2.44. The number of nitrogens with zero attached hydrogens (tertiary/aromatic N) is 3. The lowest BCUT2D eigenvalue weighted by atomic mass is 9.96. The van der Waals surface area contributed by atoms with Crippen LogP contribution < -0.4 is 11.3 Å². The van der Waals surface area contributed by atoms with Crippen LogP contribution in [0.25, 0.3) is 11.2 Å². The highest BCUT2D eigenvalue weighted by Crippen LogP contribution is 2.66. The number of aromatic nitrogens is 4. The maximum Gasteiger partial charge on any atom is 0.488 e. The number of imidazole rings is 1. The number of anilines is 1. The van der Waals surface area contributed by atoms with Gasteiger partial charge in [-0.05, 0) is 18.7 Å². The third-order valence-corrected chi connectivity index (χ3v) is 8.99. The van der Waals surface area contributed by atoms with Crippen molar-refractivity contribution in [2.24, 2.45) is 0 Å². The summed E-state index contributed by atoms with van der Waals surface area (Å²) >= 11 is 4.49. The van der Waals surface area contributed by atoms with Crippen molar-refractivity contribution in [1.29, 1.82) is 0 Å². The normalized spacial score (nSPS) is 29.7. The van der Waals surface area contributed by atoms with E-state index in [0.29, 0.717) is 0 Å². The van der Waals surface area contributed by atoms with Crippen LogP contribution in [-0.2, 0) is 38.8 Å². The second kappa shape index (κ2) is 8.82. The molecule has 0 aliphatic carbocycles. The van der Waals surface area contributed by atoms with Crippen LogP contribution >= 0.6 is 22.4 Å². The first-order valence-electron chi connectivity index (χ1n) is 8.48. The first kappa shape index (κ1) is 26.5. The van der Waals surface area contributed by atoms with Crippen molar-refractivity contribution in [3.8, 4) is 0 Å². The number of fused-ring (bicyclic) bond motifs is 1. The highest BCUT2D eigenvalue weighted by Gasteiger charge is 2.54. The molecule has 186 valence electrons. The summed E-state index contributed by atoms with van der Waals surface area (Å²) in [4.78, 5) is 58.3. The van der Waals surface area contributed by atoms with E-state index in [1.165, 1.54) is 6.92 Å². The summed E-state index contributed by atoms with van der Waals surface area (Å²) in [5.74, 6) is -0.253. The van der Waals surface area contributed by atoms with Crippen molar-refractivity contribution in [2.45, 2.75) is 31.0 Å². The van der Waals surface area contributed by atoms with Gasteiger partial charge in [-0.1, -0.05) is 0 Å². The third kappa shape index (κ3) is 5.93. The molecule has 0 spiro atoms. The minimum atomic E-state index is -5.54. The van der Waals surface area contributed by atoms with Crippen LogP contribution in [0.3, 0.4) is 0 Å². The third-order valence-electron chi connectivity index (χ3n) is 4.28. The molecule has 2 aromatic heterocycles. The van der Waals surface area contributed by atoms with Gasteiger partial charge < -0.3 is 44.8 Å². The summed E-state index contributed by atoms with van der Waals surface area (Å²) in [6.07, 6.45) is -3.44. The fourth-order valence-electron chi connectivity index (χ4n) is 2.96. The first-order valence-corrected chi connectivity index (χ1v) is 14.1. The number of hydrogen-bond donors (Lipinski definition) is 8. The van der Waals surface area contributed by atoms with Gasteiger partial charge in [0, 0.05) is 0 Å². The minimum Gasteiger partial charge on any atom is -0.387 e. The Balaban J connectivity index is 1.78. The van der Waals surface area contributed by atoms with Gasteiger partial charge in [-0.2, -0.15) is 9.29 Å². The van der Waals surface area contributed by atoms with Crippen LogP contribution in [0.4, 0.5) is 5.95 Å². The fraction of sp³-hybridized carbons (Fsp3) is 0.545. The van der Waals surface area contributed by atoms with Crippen molar-refractivity contribution < 1.29 is 56.8 Å². The summed E-state index contributed by atoms with van der Waals surface area (Å²) in [6.45, 7) is -4.31. The van der Waals surface area contributed by atoms with Crippen LogP contribution in [0, 0.1) is 0 Å².